The van der Waals surface area contributed by atoms with Crippen LogP contribution in [0.1, 0.15) is 21.6 Å². The number of carbonyl (C=O) groups excluding carboxylic acids is 1. The summed E-state index contributed by atoms with van der Waals surface area (Å²) in [7, 11) is 0. The van der Waals surface area contributed by atoms with Crippen LogP contribution in [0.4, 0.5) is 5.82 Å². The lowest BCUT2D eigenvalue weighted by Gasteiger charge is -1.98. The second-order valence-electron chi connectivity index (χ2n) is 6.52. The monoisotopic (exact) mass is 357 g/mol. The standard InChI is InChI=1S/C21H19N5O/c1-13-3-7-15(8-4-13)17-11-19(25-23-17)21(27)22-20-12-18(24-26-20)16-9-5-14(2)6-10-16/h3-12H,1-2H3,(H,23,25)(H2,22,24,26,27). The van der Waals surface area contributed by atoms with E-state index in [0.29, 0.717) is 11.5 Å². The van der Waals surface area contributed by atoms with Crippen molar-refractivity contribution in [3.05, 3.63) is 77.5 Å². The molecule has 6 nitrogen and oxygen atoms in total. The van der Waals surface area contributed by atoms with E-state index < -0.39 is 0 Å². The summed E-state index contributed by atoms with van der Waals surface area (Å²) in [6.45, 7) is 4.07. The molecule has 4 aromatic rings. The van der Waals surface area contributed by atoms with E-state index >= 15 is 0 Å². The number of H-pyrrole nitrogens is 2. The fraction of sp³-hybridized carbons (Fsp3) is 0.0952. The summed E-state index contributed by atoms with van der Waals surface area (Å²) < 4.78 is 0. The molecule has 0 atom stereocenters. The van der Waals surface area contributed by atoms with Gasteiger partial charge in [0.05, 0.1) is 11.4 Å². The zero-order chi connectivity index (χ0) is 18.8. The topological polar surface area (TPSA) is 86.5 Å². The Labute approximate surface area is 156 Å². The second-order valence-corrected chi connectivity index (χ2v) is 6.52. The van der Waals surface area contributed by atoms with E-state index in [4.69, 9.17) is 0 Å². The minimum Gasteiger partial charge on any atom is -0.304 e. The van der Waals surface area contributed by atoms with Crippen LogP contribution in [0.15, 0.2) is 60.7 Å². The molecule has 0 aliphatic rings. The molecule has 0 saturated carbocycles. The summed E-state index contributed by atoms with van der Waals surface area (Å²) in [5.74, 6) is 0.171. The summed E-state index contributed by atoms with van der Waals surface area (Å²) in [5.41, 5.74) is 6.28. The Morgan fingerprint density at radius 3 is 2.11 bits per heavy atom. The highest BCUT2D eigenvalue weighted by Gasteiger charge is 2.13. The molecule has 0 unspecified atom stereocenters. The van der Waals surface area contributed by atoms with Gasteiger partial charge in [0.25, 0.3) is 5.91 Å². The predicted octanol–water partition coefficient (Wildman–Crippen LogP) is 4.34. The van der Waals surface area contributed by atoms with Crippen LogP contribution < -0.4 is 5.32 Å². The summed E-state index contributed by atoms with van der Waals surface area (Å²) in [5, 5.41) is 16.9. The average molecular weight is 357 g/mol. The van der Waals surface area contributed by atoms with Crippen LogP contribution in [0.25, 0.3) is 22.5 Å². The lowest BCUT2D eigenvalue weighted by Crippen LogP contribution is -2.12. The minimum absolute atomic E-state index is 0.289. The van der Waals surface area contributed by atoms with Crippen molar-refractivity contribution in [1.82, 2.24) is 20.4 Å². The fourth-order valence-electron chi connectivity index (χ4n) is 2.76. The molecule has 2 aromatic heterocycles. The molecule has 27 heavy (non-hydrogen) atoms. The lowest BCUT2D eigenvalue weighted by molar-refractivity contribution is 0.102. The van der Waals surface area contributed by atoms with Crippen LogP contribution in [-0.2, 0) is 0 Å². The molecule has 134 valence electrons. The number of aromatic amines is 2. The Balaban J connectivity index is 1.48. The van der Waals surface area contributed by atoms with Crippen molar-refractivity contribution in [2.75, 3.05) is 5.32 Å². The van der Waals surface area contributed by atoms with E-state index in [2.05, 4.69) is 25.7 Å². The number of rotatable bonds is 4. The smallest absolute Gasteiger partial charge is 0.274 e. The lowest BCUT2D eigenvalue weighted by atomic mass is 10.1. The molecule has 0 saturated heterocycles. The van der Waals surface area contributed by atoms with Crippen LogP contribution in [-0.4, -0.2) is 26.3 Å². The number of benzene rings is 2. The second kappa shape index (κ2) is 6.92. The van der Waals surface area contributed by atoms with E-state index in [-0.39, 0.29) is 5.91 Å². The molecule has 3 N–H and O–H groups in total. The number of carbonyl (C=O) groups is 1. The highest BCUT2D eigenvalue weighted by molar-refractivity contribution is 6.03. The molecule has 0 spiro atoms. The van der Waals surface area contributed by atoms with Gasteiger partial charge in [-0.3, -0.25) is 15.0 Å². The van der Waals surface area contributed by atoms with Gasteiger partial charge in [-0.15, -0.1) is 0 Å². The first-order valence-corrected chi connectivity index (χ1v) is 8.65. The molecule has 0 aliphatic heterocycles. The Kier molecular flexibility index (Phi) is 4.30. The normalized spacial score (nSPS) is 10.7. The van der Waals surface area contributed by atoms with Crippen molar-refractivity contribution in [3.8, 4) is 22.5 Å². The third kappa shape index (κ3) is 3.64. The molecule has 6 heteroatoms. The first kappa shape index (κ1) is 16.8. The van der Waals surface area contributed by atoms with Gasteiger partial charge in [0, 0.05) is 11.6 Å². The van der Waals surface area contributed by atoms with E-state index in [1.807, 2.05) is 62.4 Å². The Morgan fingerprint density at radius 1 is 0.815 bits per heavy atom. The molecule has 4 rings (SSSR count). The summed E-state index contributed by atoms with van der Waals surface area (Å²) in [6.07, 6.45) is 0. The predicted molar refractivity (Wildman–Crippen MR) is 105 cm³/mol. The summed E-state index contributed by atoms with van der Waals surface area (Å²) in [6, 6.07) is 19.6. The van der Waals surface area contributed by atoms with E-state index in [1.165, 1.54) is 11.1 Å². The Bertz CT molecular complexity index is 1070. The third-order valence-corrected chi connectivity index (χ3v) is 4.35. The number of anilines is 1. The van der Waals surface area contributed by atoms with E-state index in [0.717, 1.165) is 22.5 Å². The van der Waals surface area contributed by atoms with Crippen LogP contribution in [0.3, 0.4) is 0 Å². The highest BCUT2D eigenvalue weighted by atomic mass is 16.2. The van der Waals surface area contributed by atoms with Crippen LogP contribution >= 0.6 is 0 Å². The Hall–Kier alpha value is -3.67. The maximum absolute atomic E-state index is 12.5. The van der Waals surface area contributed by atoms with Crippen LogP contribution in [0.5, 0.6) is 0 Å². The van der Waals surface area contributed by atoms with Gasteiger partial charge in [-0.25, -0.2) is 0 Å². The minimum atomic E-state index is -0.289. The number of hydrogen-bond donors (Lipinski definition) is 3. The van der Waals surface area contributed by atoms with Crippen molar-refractivity contribution in [1.29, 1.82) is 0 Å². The molecule has 1 amide bonds. The fourth-order valence-corrected chi connectivity index (χ4v) is 2.76. The average Bonchev–Trinajstić information content (AvgIpc) is 3.33. The van der Waals surface area contributed by atoms with Crippen LogP contribution in [0.2, 0.25) is 0 Å². The van der Waals surface area contributed by atoms with Crippen LogP contribution in [0, 0.1) is 13.8 Å². The van der Waals surface area contributed by atoms with Gasteiger partial charge < -0.3 is 5.32 Å². The maximum atomic E-state index is 12.5. The summed E-state index contributed by atoms with van der Waals surface area (Å²) in [4.78, 5) is 12.5. The number of hydrogen-bond acceptors (Lipinski definition) is 3. The summed E-state index contributed by atoms with van der Waals surface area (Å²) >= 11 is 0. The molecular weight excluding hydrogens is 338 g/mol. The molecule has 0 bridgehead atoms. The van der Waals surface area contributed by atoms with Gasteiger partial charge in [-0.2, -0.15) is 10.2 Å². The maximum Gasteiger partial charge on any atom is 0.274 e. The van der Waals surface area contributed by atoms with E-state index in [9.17, 15) is 4.79 Å². The number of aryl methyl sites for hydroxylation is 2. The zero-order valence-electron chi connectivity index (χ0n) is 15.1. The van der Waals surface area contributed by atoms with Crippen molar-refractivity contribution < 1.29 is 4.79 Å². The van der Waals surface area contributed by atoms with Crippen molar-refractivity contribution in [3.63, 3.8) is 0 Å². The molecular formula is C21H19N5O. The quantitative estimate of drug-likeness (QED) is 0.508. The Morgan fingerprint density at radius 2 is 1.44 bits per heavy atom. The first-order valence-electron chi connectivity index (χ1n) is 8.65. The molecule has 0 aliphatic carbocycles. The van der Waals surface area contributed by atoms with Gasteiger partial charge in [0.2, 0.25) is 0 Å². The number of nitrogens with one attached hydrogen (secondary N) is 3. The van der Waals surface area contributed by atoms with Gasteiger partial charge in [0.15, 0.2) is 5.82 Å². The largest absolute Gasteiger partial charge is 0.304 e. The van der Waals surface area contributed by atoms with Crippen molar-refractivity contribution >= 4 is 11.7 Å². The number of nitrogens with zero attached hydrogens (tertiary/aromatic N) is 2. The van der Waals surface area contributed by atoms with Gasteiger partial charge in [-0.1, -0.05) is 59.7 Å². The molecule has 0 radical (unpaired) electrons. The van der Waals surface area contributed by atoms with Gasteiger partial charge >= 0.3 is 0 Å². The molecule has 2 heterocycles. The third-order valence-electron chi connectivity index (χ3n) is 4.35. The van der Waals surface area contributed by atoms with Gasteiger partial charge in [0.1, 0.15) is 5.69 Å². The molecule has 2 aromatic carbocycles. The first-order chi connectivity index (χ1) is 13.1. The van der Waals surface area contributed by atoms with E-state index in [1.54, 1.807) is 12.1 Å². The number of amides is 1. The SMILES string of the molecule is Cc1ccc(-c2cc(C(=O)Nc3cc(-c4ccc(C)cc4)[nH]n3)[nH]n2)cc1. The van der Waals surface area contributed by atoms with Crippen molar-refractivity contribution in [2.24, 2.45) is 0 Å². The van der Waals surface area contributed by atoms with Gasteiger partial charge in [-0.05, 0) is 25.5 Å². The highest BCUT2D eigenvalue weighted by Crippen LogP contribution is 2.21. The molecule has 0 fully saturated rings. The van der Waals surface area contributed by atoms with Crippen molar-refractivity contribution in [2.45, 2.75) is 13.8 Å². The zero-order valence-corrected chi connectivity index (χ0v) is 15.1. The number of aromatic nitrogens is 4.